The van der Waals surface area contributed by atoms with E-state index in [2.05, 4.69) is 20.4 Å². The smallest absolute Gasteiger partial charge is 0.255 e. The van der Waals surface area contributed by atoms with Gasteiger partial charge in [0.2, 0.25) is 0 Å². The SMILES string of the molecule is Cc1c(Cl)nc2ncnn2c1NCC(O)c1ccccc1. The Balaban J connectivity index is 1.85. The number of halogens is 1. The maximum Gasteiger partial charge on any atom is 0.255 e. The van der Waals surface area contributed by atoms with E-state index in [0.717, 1.165) is 11.1 Å². The van der Waals surface area contributed by atoms with Crippen LogP contribution < -0.4 is 5.32 Å². The third-order valence-electron chi connectivity index (χ3n) is 3.25. The minimum absolute atomic E-state index is 0.333. The highest BCUT2D eigenvalue weighted by molar-refractivity contribution is 6.30. The van der Waals surface area contributed by atoms with Gasteiger partial charge in [0.05, 0.1) is 6.10 Å². The van der Waals surface area contributed by atoms with Gasteiger partial charge in [0.15, 0.2) is 0 Å². The van der Waals surface area contributed by atoms with Crippen LogP contribution in [0.3, 0.4) is 0 Å². The van der Waals surface area contributed by atoms with E-state index in [0.29, 0.717) is 23.3 Å². The number of aliphatic hydroxyl groups excluding tert-OH is 1. The highest BCUT2D eigenvalue weighted by Gasteiger charge is 2.14. The first-order valence-corrected chi connectivity index (χ1v) is 6.87. The molecule has 0 aliphatic rings. The fourth-order valence-electron chi connectivity index (χ4n) is 2.09. The Morgan fingerprint density at radius 3 is 2.86 bits per heavy atom. The Kier molecular flexibility index (Phi) is 3.72. The van der Waals surface area contributed by atoms with Crippen LogP contribution in [0.4, 0.5) is 5.82 Å². The van der Waals surface area contributed by atoms with Crippen molar-refractivity contribution in [3.63, 3.8) is 0 Å². The summed E-state index contributed by atoms with van der Waals surface area (Å²) in [6, 6.07) is 9.45. The van der Waals surface area contributed by atoms with Gasteiger partial charge in [0, 0.05) is 12.1 Å². The van der Waals surface area contributed by atoms with Crippen molar-refractivity contribution in [2.24, 2.45) is 0 Å². The molecule has 0 saturated carbocycles. The van der Waals surface area contributed by atoms with Gasteiger partial charge in [-0.1, -0.05) is 41.9 Å². The minimum Gasteiger partial charge on any atom is -0.387 e. The highest BCUT2D eigenvalue weighted by Crippen LogP contribution is 2.23. The molecule has 108 valence electrons. The zero-order chi connectivity index (χ0) is 14.8. The maximum absolute atomic E-state index is 10.2. The number of aliphatic hydroxyl groups is 1. The first-order chi connectivity index (χ1) is 10.2. The molecule has 0 amide bonds. The molecule has 21 heavy (non-hydrogen) atoms. The molecule has 7 heteroatoms. The van der Waals surface area contributed by atoms with Gasteiger partial charge in [-0.05, 0) is 12.5 Å². The predicted octanol–water partition coefficient (Wildman–Crippen LogP) is 2.23. The van der Waals surface area contributed by atoms with Crippen LogP contribution >= 0.6 is 11.6 Å². The zero-order valence-electron chi connectivity index (χ0n) is 11.4. The van der Waals surface area contributed by atoms with Crippen molar-refractivity contribution in [2.45, 2.75) is 13.0 Å². The van der Waals surface area contributed by atoms with Gasteiger partial charge in [0.1, 0.15) is 17.3 Å². The highest BCUT2D eigenvalue weighted by atomic mass is 35.5. The summed E-state index contributed by atoms with van der Waals surface area (Å²) < 4.78 is 1.57. The molecular formula is C14H14ClN5O. The largest absolute Gasteiger partial charge is 0.387 e. The molecule has 0 aliphatic carbocycles. The summed E-state index contributed by atoms with van der Waals surface area (Å²) in [4.78, 5) is 8.15. The van der Waals surface area contributed by atoms with Crippen molar-refractivity contribution in [3.8, 4) is 0 Å². The third-order valence-corrected chi connectivity index (χ3v) is 3.62. The van der Waals surface area contributed by atoms with E-state index in [1.54, 1.807) is 4.52 Å². The minimum atomic E-state index is -0.629. The third kappa shape index (κ3) is 2.68. The van der Waals surface area contributed by atoms with Gasteiger partial charge in [-0.3, -0.25) is 0 Å². The van der Waals surface area contributed by atoms with Gasteiger partial charge in [-0.25, -0.2) is 0 Å². The average molecular weight is 304 g/mol. The fraction of sp³-hybridized carbons (Fsp3) is 0.214. The van der Waals surface area contributed by atoms with Crippen LogP contribution in [0.15, 0.2) is 36.7 Å². The van der Waals surface area contributed by atoms with Crippen molar-refractivity contribution in [3.05, 3.63) is 52.9 Å². The molecule has 6 nitrogen and oxygen atoms in total. The van der Waals surface area contributed by atoms with Crippen LogP contribution in [0.25, 0.3) is 5.78 Å². The lowest BCUT2D eigenvalue weighted by molar-refractivity contribution is 0.191. The number of hydrogen-bond acceptors (Lipinski definition) is 5. The molecule has 0 radical (unpaired) electrons. The van der Waals surface area contributed by atoms with Gasteiger partial charge in [-0.15, -0.1) is 0 Å². The summed E-state index contributed by atoms with van der Waals surface area (Å²) in [5, 5.41) is 17.9. The molecule has 1 unspecified atom stereocenters. The Morgan fingerprint density at radius 1 is 1.33 bits per heavy atom. The van der Waals surface area contributed by atoms with E-state index in [4.69, 9.17) is 11.6 Å². The summed E-state index contributed by atoms with van der Waals surface area (Å²) in [7, 11) is 0. The first kappa shape index (κ1) is 13.8. The number of nitrogens with zero attached hydrogens (tertiary/aromatic N) is 4. The van der Waals surface area contributed by atoms with Crippen molar-refractivity contribution in [1.29, 1.82) is 0 Å². The van der Waals surface area contributed by atoms with Crippen molar-refractivity contribution in [1.82, 2.24) is 19.6 Å². The van der Waals surface area contributed by atoms with Crippen LogP contribution in [0.1, 0.15) is 17.2 Å². The van der Waals surface area contributed by atoms with Gasteiger partial charge in [-0.2, -0.15) is 19.6 Å². The Hall–Kier alpha value is -2.18. The molecule has 2 N–H and O–H groups in total. The second kappa shape index (κ2) is 5.67. The summed E-state index contributed by atoms with van der Waals surface area (Å²) in [5.74, 6) is 1.10. The van der Waals surface area contributed by atoms with Gasteiger partial charge >= 0.3 is 0 Å². The molecule has 0 spiro atoms. The summed E-state index contributed by atoms with van der Waals surface area (Å²) in [6.07, 6.45) is 0.785. The predicted molar refractivity (Wildman–Crippen MR) is 80.4 cm³/mol. The molecule has 3 aromatic rings. The molecule has 0 fully saturated rings. The van der Waals surface area contributed by atoms with Crippen LogP contribution in [0.2, 0.25) is 5.15 Å². The maximum atomic E-state index is 10.2. The number of hydrogen-bond donors (Lipinski definition) is 2. The lowest BCUT2D eigenvalue weighted by Gasteiger charge is -2.15. The molecule has 2 heterocycles. The monoisotopic (exact) mass is 303 g/mol. The standard InChI is InChI=1S/C14H14ClN5O/c1-9-12(15)19-14-17-8-18-20(14)13(9)16-7-11(21)10-5-3-2-4-6-10/h2-6,8,11,16,21H,7H2,1H3. The van der Waals surface area contributed by atoms with Crippen LogP contribution in [0, 0.1) is 6.92 Å². The number of benzene rings is 1. The molecule has 1 aromatic carbocycles. The topological polar surface area (TPSA) is 75.3 Å². The number of aromatic nitrogens is 4. The van der Waals surface area contributed by atoms with Crippen LogP contribution in [-0.2, 0) is 0 Å². The normalized spacial score (nSPS) is 12.5. The second-order valence-corrected chi connectivity index (χ2v) is 5.01. The van der Waals surface area contributed by atoms with Crippen LogP contribution in [-0.4, -0.2) is 31.2 Å². The average Bonchev–Trinajstić information content (AvgIpc) is 2.96. The van der Waals surface area contributed by atoms with E-state index >= 15 is 0 Å². The zero-order valence-corrected chi connectivity index (χ0v) is 12.1. The van der Waals surface area contributed by atoms with Crippen LogP contribution in [0.5, 0.6) is 0 Å². The number of nitrogens with one attached hydrogen (secondary N) is 1. The van der Waals surface area contributed by atoms with E-state index in [9.17, 15) is 5.11 Å². The Labute approximate surface area is 126 Å². The number of fused-ring (bicyclic) bond motifs is 1. The first-order valence-electron chi connectivity index (χ1n) is 6.49. The number of anilines is 1. The molecule has 3 rings (SSSR count). The van der Waals surface area contributed by atoms with E-state index in [-0.39, 0.29) is 0 Å². The summed E-state index contributed by atoms with van der Waals surface area (Å²) >= 11 is 6.09. The van der Waals surface area contributed by atoms with Crippen molar-refractivity contribution >= 4 is 23.2 Å². The number of rotatable bonds is 4. The summed E-state index contributed by atoms with van der Waals surface area (Å²) in [5.41, 5.74) is 1.60. The Bertz CT molecular complexity index is 759. The van der Waals surface area contributed by atoms with Crippen molar-refractivity contribution in [2.75, 3.05) is 11.9 Å². The lowest BCUT2D eigenvalue weighted by atomic mass is 10.1. The second-order valence-electron chi connectivity index (χ2n) is 4.66. The molecule has 0 aliphatic heterocycles. The lowest BCUT2D eigenvalue weighted by Crippen LogP contribution is -2.16. The Morgan fingerprint density at radius 2 is 2.10 bits per heavy atom. The fourth-order valence-corrected chi connectivity index (χ4v) is 2.26. The summed E-state index contributed by atoms with van der Waals surface area (Å²) in [6.45, 7) is 2.17. The molecular weight excluding hydrogens is 290 g/mol. The van der Waals surface area contributed by atoms with Gasteiger partial charge in [0.25, 0.3) is 5.78 Å². The molecule has 2 aromatic heterocycles. The van der Waals surface area contributed by atoms with E-state index in [1.807, 2.05) is 37.3 Å². The van der Waals surface area contributed by atoms with E-state index < -0.39 is 6.10 Å². The van der Waals surface area contributed by atoms with Gasteiger partial charge < -0.3 is 10.4 Å². The molecule has 0 saturated heterocycles. The van der Waals surface area contributed by atoms with Crippen molar-refractivity contribution < 1.29 is 5.11 Å². The van der Waals surface area contributed by atoms with E-state index in [1.165, 1.54) is 6.33 Å². The molecule has 1 atom stereocenters. The quantitative estimate of drug-likeness (QED) is 0.723. The molecule has 0 bridgehead atoms.